The molecule has 28 heavy (non-hydrogen) atoms. The summed E-state index contributed by atoms with van der Waals surface area (Å²) in [6, 6.07) is 15.3. The van der Waals surface area contributed by atoms with Crippen LogP contribution < -0.4 is 5.32 Å². The normalized spacial score (nSPS) is 18.5. The SMILES string of the molecule is N#Cc1cccc(CC(=O)N2C[C@H](O)C[C@H]2C(=O)NCc2ccc(Cl)cc2)c1. The van der Waals surface area contributed by atoms with E-state index in [-0.39, 0.29) is 31.2 Å². The third kappa shape index (κ3) is 4.89. The van der Waals surface area contributed by atoms with Gasteiger partial charge in [0, 0.05) is 24.5 Å². The van der Waals surface area contributed by atoms with Crippen molar-refractivity contribution in [2.24, 2.45) is 0 Å². The first-order chi connectivity index (χ1) is 13.5. The molecule has 1 saturated heterocycles. The molecule has 1 fully saturated rings. The summed E-state index contributed by atoms with van der Waals surface area (Å²) >= 11 is 5.86. The fourth-order valence-electron chi connectivity index (χ4n) is 3.27. The zero-order valence-corrected chi connectivity index (χ0v) is 15.9. The molecule has 2 amide bonds. The van der Waals surface area contributed by atoms with Crippen molar-refractivity contribution in [3.63, 3.8) is 0 Å². The van der Waals surface area contributed by atoms with E-state index in [4.69, 9.17) is 16.9 Å². The van der Waals surface area contributed by atoms with Crippen LogP contribution in [0.2, 0.25) is 5.02 Å². The third-order valence-corrected chi connectivity index (χ3v) is 4.95. The summed E-state index contributed by atoms with van der Waals surface area (Å²) in [7, 11) is 0. The average Bonchev–Trinajstić information content (AvgIpc) is 3.09. The number of nitrogens with one attached hydrogen (secondary N) is 1. The Hall–Kier alpha value is -2.88. The Kier molecular flexibility index (Phi) is 6.30. The Labute approximate surface area is 168 Å². The van der Waals surface area contributed by atoms with Crippen LogP contribution in [-0.2, 0) is 22.6 Å². The van der Waals surface area contributed by atoms with Crippen molar-refractivity contribution >= 4 is 23.4 Å². The smallest absolute Gasteiger partial charge is 0.243 e. The lowest BCUT2D eigenvalue weighted by molar-refractivity contribution is -0.138. The maximum atomic E-state index is 12.7. The molecule has 0 bridgehead atoms. The average molecular weight is 398 g/mol. The van der Waals surface area contributed by atoms with E-state index in [1.807, 2.05) is 18.2 Å². The van der Waals surface area contributed by atoms with Crippen LogP contribution in [0.25, 0.3) is 0 Å². The summed E-state index contributed by atoms with van der Waals surface area (Å²) in [6.07, 6.45) is -0.458. The molecule has 1 heterocycles. The van der Waals surface area contributed by atoms with Gasteiger partial charge >= 0.3 is 0 Å². The third-order valence-electron chi connectivity index (χ3n) is 4.69. The molecule has 7 heteroatoms. The van der Waals surface area contributed by atoms with Crippen LogP contribution in [0.15, 0.2) is 48.5 Å². The van der Waals surface area contributed by atoms with Crippen LogP contribution >= 0.6 is 11.6 Å². The van der Waals surface area contributed by atoms with E-state index in [1.54, 1.807) is 36.4 Å². The summed E-state index contributed by atoms with van der Waals surface area (Å²) in [5, 5.41) is 22.4. The molecule has 6 nitrogen and oxygen atoms in total. The number of rotatable bonds is 5. The van der Waals surface area contributed by atoms with Crippen molar-refractivity contribution in [2.75, 3.05) is 6.54 Å². The molecule has 2 N–H and O–H groups in total. The molecule has 0 aromatic heterocycles. The lowest BCUT2D eigenvalue weighted by Gasteiger charge is -2.24. The number of nitriles is 1. The Morgan fingerprint density at radius 1 is 1.21 bits per heavy atom. The van der Waals surface area contributed by atoms with Crippen molar-refractivity contribution in [2.45, 2.75) is 31.5 Å². The standard InChI is InChI=1S/C21H20ClN3O3/c22-17-6-4-14(5-7-17)12-24-21(28)19-10-18(26)13-25(19)20(27)9-15-2-1-3-16(8-15)11-23/h1-8,18-19,26H,9-10,12-13H2,(H,24,28)/t18-,19+/m1/s1. The van der Waals surface area contributed by atoms with Gasteiger partial charge in [0.15, 0.2) is 0 Å². The number of β-amino-alcohol motifs (C(OH)–C–C–N with tert-alkyl or cyclic N) is 1. The molecule has 1 aliphatic rings. The van der Waals surface area contributed by atoms with Crippen molar-refractivity contribution < 1.29 is 14.7 Å². The number of benzene rings is 2. The lowest BCUT2D eigenvalue weighted by atomic mass is 10.1. The minimum Gasteiger partial charge on any atom is -0.391 e. The van der Waals surface area contributed by atoms with Gasteiger partial charge < -0.3 is 15.3 Å². The predicted octanol–water partition coefficient (Wildman–Crippen LogP) is 2.03. The fraction of sp³-hybridized carbons (Fsp3) is 0.286. The Balaban J connectivity index is 1.64. The Bertz CT molecular complexity index is 908. The van der Waals surface area contributed by atoms with Gasteiger partial charge in [0.2, 0.25) is 11.8 Å². The summed E-state index contributed by atoms with van der Waals surface area (Å²) in [5.74, 6) is -0.552. The van der Waals surface area contributed by atoms with E-state index < -0.39 is 12.1 Å². The number of carbonyl (C=O) groups is 2. The van der Waals surface area contributed by atoms with Crippen LogP contribution in [0, 0.1) is 11.3 Å². The summed E-state index contributed by atoms with van der Waals surface area (Å²) in [6.45, 7) is 0.435. The molecule has 0 unspecified atom stereocenters. The number of hydrogen-bond acceptors (Lipinski definition) is 4. The van der Waals surface area contributed by atoms with Crippen LogP contribution in [-0.4, -0.2) is 40.5 Å². The highest BCUT2D eigenvalue weighted by Gasteiger charge is 2.38. The molecule has 2 aromatic rings. The lowest BCUT2D eigenvalue weighted by Crippen LogP contribution is -2.46. The van der Waals surface area contributed by atoms with Crippen molar-refractivity contribution in [1.29, 1.82) is 5.26 Å². The van der Waals surface area contributed by atoms with Gasteiger partial charge in [0.1, 0.15) is 6.04 Å². The van der Waals surface area contributed by atoms with Gasteiger partial charge in [-0.25, -0.2) is 0 Å². The number of carbonyl (C=O) groups excluding carboxylic acids is 2. The van der Waals surface area contributed by atoms with Gasteiger partial charge in [-0.3, -0.25) is 9.59 Å². The minimum atomic E-state index is -0.735. The highest BCUT2D eigenvalue weighted by Crippen LogP contribution is 2.20. The van der Waals surface area contributed by atoms with Crippen molar-refractivity contribution in [3.8, 4) is 6.07 Å². The van der Waals surface area contributed by atoms with Gasteiger partial charge in [-0.05, 0) is 35.4 Å². The van der Waals surface area contributed by atoms with Crippen LogP contribution in [0.1, 0.15) is 23.1 Å². The summed E-state index contributed by atoms with van der Waals surface area (Å²) < 4.78 is 0. The second-order valence-corrected chi connectivity index (χ2v) is 7.22. The van der Waals surface area contributed by atoms with E-state index in [9.17, 15) is 14.7 Å². The number of nitrogens with zero attached hydrogens (tertiary/aromatic N) is 2. The molecule has 0 spiro atoms. The molecule has 3 rings (SSSR count). The maximum absolute atomic E-state index is 12.7. The largest absolute Gasteiger partial charge is 0.391 e. The monoisotopic (exact) mass is 397 g/mol. The topological polar surface area (TPSA) is 93.4 Å². The Morgan fingerprint density at radius 3 is 2.68 bits per heavy atom. The number of likely N-dealkylation sites (tertiary alicyclic amines) is 1. The molecular formula is C21H20ClN3O3. The van der Waals surface area contributed by atoms with E-state index in [0.717, 1.165) is 5.56 Å². The fourth-order valence-corrected chi connectivity index (χ4v) is 3.40. The quantitative estimate of drug-likeness (QED) is 0.807. The molecule has 0 radical (unpaired) electrons. The van der Waals surface area contributed by atoms with Gasteiger partial charge in [-0.1, -0.05) is 35.9 Å². The molecule has 0 saturated carbocycles. The van der Waals surface area contributed by atoms with E-state index in [0.29, 0.717) is 22.7 Å². The highest BCUT2D eigenvalue weighted by atomic mass is 35.5. The molecule has 2 aromatic carbocycles. The van der Waals surface area contributed by atoms with E-state index in [2.05, 4.69) is 5.32 Å². The predicted molar refractivity (Wildman–Crippen MR) is 104 cm³/mol. The van der Waals surface area contributed by atoms with Gasteiger partial charge in [0.05, 0.1) is 24.2 Å². The zero-order valence-electron chi connectivity index (χ0n) is 15.1. The molecule has 144 valence electrons. The molecule has 0 aliphatic carbocycles. The molecule has 1 aliphatic heterocycles. The second-order valence-electron chi connectivity index (χ2n) is 6.78. The van der Waals surface area contributed by atoms with E-state index in [1.165, 1.54) is 4.90 Å². The van der Waals surface area contributed by atoms with Crippen LogP contribution in [0.5, 0.6) is 0 Å². The summed E-state index contributed by atoms with van der Waals surface area (Å²) in [4.78, 5) is 26.8. The first kappa shape index (κ1) is 19.9. The van der Waals surface area contributed by atoms with Crippen LogP contribution in [0.3, 0.4) is 0 Å². The highest BCUT2D eigenvalue weighted by molar-refractivity contribution is 6.30. The zero-order chi connectivity index (χ0) is 20.1. The Morgan fingerprint density at radius 2 is 1.96 bits per heavy atom. The molecule has 2 atom stereocenters. The maximum Gasteiger partial charge on any atom is 0.243 e. The van der Waals surface area contributed by atoms with Crippen LogP contribution in [0.4, 0.5) is 0 Å². The first-order valence-corrected chi connectivity index (χ1v) is 9.33. The minimum absolute atomic E-state index is 0.0726. The number of halogens is 1. The summed E-state index contributed by atoms with van der Waals surface area (Å²) in [5.41, 5.74) is 2.07. The number of amides is 2. The number of aliphatic hydroxyl groups excluding tert-OH is 1. The van der Waals surface area contributed by atoms with E-state index >= 15 is 0 Å². The first-order valence-electron chi connectivity index (χ1n) is 8.95. The number of aliphatic hydroxyl groups is 1. The van der Waals surface area contributed by atoms with Gasteiger partial charge in [-0.2, -0.15) is 5.26 Å². The number of hydrogen-bond donors (Lipinski definition) is 2. The van der Waals surface area contributed by atoms with Crippen molar-refractivity contribution in [1.82, 2.24) is 10.2 Å². The molecular weight excluding hydrogens is 378 g/mol. The van der Waals surface area contributed by atoms with Gasteiger partial charge in [0.25, 0.3) is 0 Å². The van der Waals surface area contributed by atoms with Crippen molar-refractivity contribution in [3.05, 3.63) is 70.2 Å². The second kappa shape index (κ2) is 8.87. The van der Waals surface area contributed by atoms with Gasteiger partial charge in [-0.15, -0.1) is 0 Å².